The van der Waals surface area contributed by atoms with Crippen molar-refractivity contribution in [2.75, 3.05) is 11.1 Å². The number of nitrogens with two attached hydrogens (primary N) is 1. The van der Waals surface area contributed by atoms with Crippen LogP contribution in [0.3, 0.4) is 0 Å². The molecule has 2 nitrogen and oxygen atoms in total. The fourth-order valence-corrected chi connectivity index (χ4v) is 2.10. The number of benzene rings is 2. The summed E-state index contributed by atoms with van der Waals surface area (Å²) in [5.41, 5.74) is 11.4. The third-order valence-corrected chi connectivity index (χ3v) is 3.06. The van der Waals surface area contributed by atoms with Crippen molar-refractivity contribution in [1.82, 2.24) is 0 Å². The molecule has 2 heteroatoms. The molecule has 94 valence electrons. The lowest BCUT2D eigenvalue weighted by atomic mass is 10.1. The summed E-state index contributed by atoms with van der Waals surface area (Å²) in [6.07, 6.45) is 2.25. The highest BCUT2D eigenvalue weighted by molar-refractivity contribution is 5.67. The lowest BCUT2D eigenvalue weighted by Gasteiger charge is -2.13. The smallest absolute Gasteiger partial charge is 0.0416 e. The Labute approximate surface area is 109 Å². The first-order valence-electron chi connectivity index (χ1n) is 6.41. The number of aryl methyl sites for hydroxylation is 2. The normalized spacial score (nSPS) is 10.3. The molecule has 2 rings (SSSR count). The molecule has 0 bridgehead atoms. The summed E-state index contributed by atoms with van der Waals surface area (Å²) in [5, 5.41) is 3.50. The average molecular weight is 240 g/mol. The van der Waals surface area contributed by atoms with Gasteiger partial charge in [0.05, 0.1) is 0 Å². The van der Waals surface area contributed by atoms with Crippen molar-refractivity contribution in [2.24, 2.45) is 0 Å². The van der Waals surface area contributed by atoms with Gasteiger partial charge in [0.25, 0.3) is 0 Å². The molecule has 0 amide bonds. The zero-order valence-corrected chi connectivity index (χ0v) is 11.0. The Bertz CT molecular complexity index is 532. The van der Waals surface area contributed by atoms with E-state index in [-0.39, 0.29) is 0 Å². The van der Waals surface area contributed by atoms with E-state index in [4.69, 9.17) is 5.73 Å². The van der Waals surface area contributed by atoms with Crippen molar-refractivity contribution in [3.8, 4) is 0 Å². The first-order chi connectivity index (χ1) is 8.70. The fourth-order valence-electron chi connectivity index (χ4n) is 2.10. The highest BCUT2D eigenvalue weighted by Crippen LogP contribution is 2.25. The van der Waals surface area contributed by atoms with Crippen molar-refractivity contribution in [2.45, 2.75) is 26.7 Å². The molecule has 0 saturated heterocycles. The Morgan fingerprint density at radius 3 is 2.56 bits per heavy atom. The molecule has 0 spiro atoms. The van der Waals surface area contributed by atoms with Gasteiger partial charge < -0.3 is 11.1 Å². The van der Waals surface area contributed by atoms with E-state index in [2.05, 4.69) is 43.4 Å². The summed E-state index contributed by atoms with van der Waals surface area (Å²) in [5.74, 6) is 0. The Morgan fingerprint density at radius 1 is 1.06 bits per heavy atom. The zero-order chi connectivity index (χ0) is 13.0. The molecule has 0 aliphatic heterocycles. The first-order valence-corrected chi connectivity index (χ1v) is 6.41. The maximum atomic E-state index is 5.77. The molecular weight excluding hydrogens is 220 g/mol. The number of anilines is 3. The average Bonchev–Trinajstić information content (AvgIpc) is 2.35. The number of para-hydroxylation sites is 1. The fraction of sp³-hybridized carbons (Fsp3) is 0.250. The van der Waals surface area contributed by atoms with Gasteiger partial charge in [-0.25, -0.2) is 0 Å². The lowest BCUT2D eigenvalue weighted by molar-refractivity contribution is 0.923. The number of nitrogens with one attached hydrogen (secondary N) is 1. The van der Waals surface area contributed by atoms with Crippen LogP contribution in [-0.4, -0.2) is 0 Å². The van der Waals surface area contributed by atoms with Crippen LogP contribution in [0, 0.1) is 6.92 Å². The number of rotatable bonds is 4. The summed E-state index contributed by atoms with van der Waals surface area (Å²) in [4.78, 5) is 0. The first kappa shape index (κ1) is 12.5. The van der Waals surface area contributed by atoms with Gasteiger partial charge in [0.1, 0.15) is 0 Å². The highest BCUT2D eigenvalue weighted by atomic mass is 14.9. The van der Waals surface area contributed by atoms with E-state index in [1.807, 2.05) is 18.2 Å². The van der Waals surface area contributed by atoms with Crippen molar-refractivity contribution >= 4 is 17.1 Å². The molecule has 0 saturated carbocycles. The predicted molar refractivity (Wildman–Crippen MR) is 79.3 cm³/mol. The molecule has 18 heavy (non-hydrogen) atoms. The molecule has 0 radical (unpaired) electrons. The third kappa shape index (κ3) is 2.83. The zero-order valence-electron chi connectivity index (χ0n) is 11.0. The summed E-state index contributed by atoms with van der Waals surface area (Å²) in [6, 6.07) is 14.4. The summed E-state index contributed by atoms with van der Waals surface area (Å²) in [6.45, 7) is 4.27. The quantitative estimate of drug-likeness (QED) is 0.783. The van der Waals surface area contributed by atoms with Crippen LogP contribution >= 0.6 is 0 Å². The van der Waals surface area contributed by atoms with Crippen LogP contribution in [0.15, 0.2) is 42.5 Å². The third-order valence-electron chi connectivity index (χ3n) is 3.06. The molecule has 0 unspecified atom stereocenters. The van der Waals surface area contributed by atoms with Crippen LogP contribution in [0.25, 0.3) is 0 Å². The Hall–Kier alpha value is -1.96. The molecule has 0 aromatic heterocycles. The van der Waals surface area contributed by atoms with Crippen LogP contribution < -0.4 is 11.1 Å². The Kier molecular flexibility index (Phi) is 3.88. The van der Waals surface area contributed by atoms with Crippen molar-refractivity contribution in [3.05, 3.63) is 53.6 Å². The monoisotopic (exact) mass is 240 g/mol. The molecule has 0 fully saturated rings. The Morgan fingerprint density at radius 2 is 1.83 bits per heavy atom. The molecule has 3 N–H and O–H groups in total. The number of hydrogen-bond donors (Lipinski definition) is 2. The van der Waals surface area contributed by atoms with Crippen LogP contribution in [0.2, 0.25) is 0 Å². The predicted octanol–water partition coefficient (Wildman–Crippen LogP) is 4.27. The SMILES string of the molecule is CCCc1ccccc1Nc1ccc(N)cc1C. The van der Waals surface area contributed by atoms with Crippen LogP contribution in [0.1, 0.15) is 24.5 Å². The van der Waals surface area contributed by atoms with Gasteiger partial charge in [0.2, 0.25) is 0 Å². The van der Waals surface area contributed by atoms with Gasteiger partial charge in [-0.3, -0.25) is 0 Å². The van der Waals surface area contributed by atoms with Crippen LogP contribution in [0.4, 0.5) is 17.1 Å². The number of nitrogen functional groups attached to an aromatic ring is 1. The maximum absolute atomic E-state index is 5.77. The summed E-state index contributed by atoms with van der Waals surface area (Å²) in [7, 11) is 0. The molecular formula is C16H20N2. The van der Waals surface area contributed by atoms with Crippen molar-refractivity contribution < 1.29 is 0 Å². The van der Waals surface area contributed by atoms with E-state index in [0.717, 1.165) is 24.2 Å². The van der Waals surface area contributed by atoms with Gasteiger partial charge in [0, 0.05) is 17.1 Å². The second-order valence-corrected chi connectivity index (χ2v) is 4.61. The lowest BCUT2D eigenvalue weighted by Crippen LogP contribution is -1.98. The summed E-state index contributed by atoms with van der Waals surface area (Å²) < 4.78 is 0. The van der Waals surface area contributed by atoms with Crippen LogP contribution in [-0.2, 0) is 6.42 Å². The van der Waals surface area contributed by atoms with E-state index in [9.17, 15) is 0 Å². The van der Waals surface area contributed by atoms with Crippen molar-refractivity contribution in [1.29, 1.82) is 0 Å². The van der Waals surface area contributed by atoms with E-state index in [1.54, 1.807) is 0 Å². The van der Waals surface area contributed by atoms with Crippen LogP contribution in [0.5, 0.6) is 0 Å². The Balaban J connectivity index is 2.28. The minimum absolute atomic E-state index is 0.805. The van der Waals surface area contributed by atoms with Gasteiger partial charge in [-0.2, -0.15) is 0 Å². The minimum atomic E-state index is 0.805. The highest BCUT2D eigenvalue weighted by Gasteiger charge is 2.03. The number of hydrogen-bond acceptors (Lipinski definition) is 2. The summed E-state index contributed by atoms with van der Waals surface area (Å²) >= 11 is 0. The molecule has 2 aromatic rings. The molecule has 2 aromatic carbocycles. The maximum Gasteiger partial charge on any atom is 0.0416 e. The second-order valence-electron chi connectivity index (χ2n) is 4.61. The molecule has 0 aliphatic carbocycles. The van der Waals surface area contributed by atoms with Crippen molar-refractivity contribution in [3.63, 3.8) is 0 Å². The van der Waals surface area contributed by atoms with Gasteiger partial charge in [-0.1, -0.05) is 31.5 Å². The van der Waals surface area contributed by atoms with E-state index < -0.39 is 0 Å². The van der Waals surface area contributed by atoms with E-state index in [0.29, 0.717) is 0 Å². The van der Waals surface area contributed by atoms with Gasteiger partial charge in [-0.15, -0.1) is 0 Å². The molecule has 0 atom stereocenters. The van der Waals surface area contributed by atoms with E-state index >= 15 is 0 Å². The van der Waals surface area contributed by atoms with E-state index in [1.165, 1.54) is 16.8 Å². The van der Waals surface area contributed by atoms with Gasteiger partial charge in [0.15, 0.2) is 0 Å². The standard InChI is InChI=1S/C16H20N2/c1-3-6-13-7-4-5-8-16(13)18-15-10-9-14(17)11-12(15)2/h4-5,7-11,18H,3,6,17H2,1-2H3. The van der Waals surface area contributed by atoms with Gasteiger partial charge >= 0.3 is 0 Å². The largest absolute Gasteiger partial charge is 0.399 e. The van der Waals surface area contributed by atoms with Gasteiger partial charge in [-0.05, 0) is 48.7 Å². The second kappa shape index (κ2) is 5.58. The molecule has 0 heterocycles. The topological polar surface area (TPSA) is 38.0 Å². The molecule has 0 aliphatic rings. The minimum Gasteiger partial charge on any atom is -0.399 e.